The molecule has 1 aromatic carbocycles. The topological polar surface area (TPSA) is 66.4 Å². The van der Waals surface area contributed by atoms with Gasteiger partial charge in [0.1, 0.15) is 5.60 Å². The lowest BCUT2D eigenvalue weighted by atomic mass is 9.96. The van der Waals surface area contributed by atoms with Gasteiger partial charge in [0, 0.05) is 11.9 Å². The fraction of sp³-hybridized carbons (Fsp3) is 0.529. The summed E-state index contributed by atoms with van der Waals surface area (Å²) in [5.41, 5.74) is 0.560. The van der Waals surface area contributed by atoms with Crippen molar-refractivity contribution in [1.29, 1.82) is 0 Å². The highest BCUT2D eigenvalue weighted by atomic mass is 16.6. The van der Waals surface area contributed by atoms with E-state index in [0.29, 0.717) is 12.8 Å². The van der Waals surface area contributed by atoms with Gasteiger partial charge in [0.2, 0.25) is 0 Å². The van der Waals surface area contributed by atoms with E-state index in [9.17, 15) is 14.7 Å². The molecule has 0 aliphatic heterocycles. The van der Waals surface area contributed by atoms with Crippen molar-refractivity contribution in [2.24, 2.45) is 5.92 Å². The molecule has 1 rings (SSSR count). The summed E-state index contributed by atoms with van der Waals surface area (Å²) < 4.78 is 5.15. The van der Waals surface area contributed by atoms with Gasteiger partial charge in [0.25, 0.3) is 0 Å². The van der Waals surface area contributed by atoms with Gasteiger partial charge in [-0.25, -0.2) is 0 Å². The maximum atomic E-state index is 11.7. The molecule has 0 aliphatic rings. The van der Waals surface area contributed by atoms with Crippen LogP contribution in [0.4, 0.5) is 0 Å². The van der Waals surface area contributed by atoms with Gasteiger partial charge < -0.3 is 14.6 Å². The third-order valence-electron chi connectivity index (χ3n) is 3.03. The highest BCUT2D eigenvalue weighted by Crippen LogP contribution is 2.17. The SMILES string of the molecule is CC(C)(C)OC(=O)C[C@@H](CCCc1ccccc1)C(=O)[O-]. The number of aryl methyl sites for hydroxylation is 1. The standard InChI is InChI=1S/C17H24O4/c1-17(2,3)21-15(18)12-14(16(19)20)11-7-10-13-8-5-4-6-9-13/h4-6,8-9,14H,7,10-12H2,1-3H3,(H,19,20)/p-1/t14-/m1/s1. The largest absolute Gasteiger partial charge is 0.550 e. The lowest BCUT2D eigenvalue weighted by Gasteiger charge is -2.22. The zero-order chi connectivity index (χ0) is 15.9. The van der Waals surface area contributed by atoms with E-state index in [4.69, 9.17) is 4.74 Å². The van der Waals surface area contributed by atoms with E-state index in [1.54, 1.807) is 20.8 Å². The number of aliphatic carboxylic acids is 1. The monoisotopic (exact) mass is 291 g/mol. The molecule has 0 heterocycles. The smallest absolute Gasteiger partial charge is 0.306 e. The maximum Gasteiger partial charge on any atom is 0.306 e. The fourth-order valence-electron chi connectivity index (χ4n) is 2.08. The molecular weight excluding hydrogens is 268 g/mol. The summed E-state index contributed by atoms with van der Waals surface area (Å²) in [6.45, 7) is 5.27. The molecule has 0 aromatic heterocycles. The molecule has 0 unspecified atom stereocenters. The Hall–Kier alpha value is -1.84. The molecule has 0 spiro atoms. The van der Waals surface area contributed by atoms with E-state index < -0.39 is 23.5 Å². The predicted molar refractivity (Wildman–Crippen MR) is 78.3 cm³/mol. The number of carboxylic acid groups (broad SMARTS) is 1. The fourth-order valence-corrected chi connectivity index (χ4v) is 2.08. The zero-order valence-electron chi connectivity index (χ0n) is 12.9. The highest BCUT2D eigenvalue weighted by molar-refractivity contribution is 5.77. The minimum Gasteiger partial charge on any atom is -0.550 e. The summed E-state index contributed by atoms with van der Waals surface area (Å²) in [5.74, 6) is -2.46. The average Bonchev–Trinajstić information content (AvgIpc) is 2.36. The number of rotatable bonds is 7. The normalized spacial score (nSPS) is 12.7. The lowest BCUT2D eigenvalue weighted by Crippen LogP contribution is -2.34. The molecule has 116 valence electrons. The van der Waals surface area contributed by atoms with Crippen LogP contribution in [0.2, 0.25) is 0 Å². The molecule has 1 aromatic rings. The van der Waals surface area contributed by atoms with Gasteiger partial charge in [-0.1, -0.05) is 30.3 Å². The van der Waals surface area contributed by atoms with Crippen LogP contribution in [0.15, 0.2) is 30.3 Å². The highest BCUT2D eigenvalue weighted by Gasteiger charge is 2.21. The first-order valence-corrected chi connectivity index (χ1v) is 7.24. The van der Waals surface area contributed by atoms with Crippen molar-refractivity contribution in [3.8, 4) is 0 Å². The van der Waals surface area contributed by atoms with Gasteiger partial charge >= 0.3 is 5.97 Å². The van der Waals surface area contributed by atoms with Gasteiger partial charge in [-0.2, -0.15) is 0 Å². The molecule has 1 atom stereocenters. The molecule has 0 saturated carbocycles. The van der Waals surface area contributed by atoms with Crippen molar-refractivity contribution in [3.05, 3.63) is 35.9 Å². The second-order valence-corrected chi connectivity index (χ2v) is 6.18. The van der Waals surface area contributed by atoms with Gasteiger partial charge in [0.05, 0.1) is 6.42 Å². The summed E-state index contributed by atoms with van der Waals surface area (Å²) in [4.78, 5) is 22.8. The van der Waals surface area contributed by atoms with E-state index in [0.717, 1.165) is 12.0 Å². The second-order valence-electron chi connectivity index (χ2n) is 6.18. The zero-order valence-corrected chi connectivity index (χ0v) is 12.9. The quantitative estimate of drug-likeness (QED) is 0.722. The van der Waals surface area contributed by atoms with Crippen LogP contribution in [-0.4, -0.2) is 17.5 Å². The third-order valence-corrected chi connectivity index (χ3v) is 3.03. The number of hydrogen-bond acceptors (Lipinski definition) is 4. The molecule has 21 heavy (non-hydrogen) atoms. The number of ether oxygens (including phenoxy) is 1. The molecule has 0 bridgehead atoms. The first-order chi connectivity index (χ1) is 9.78. The van der Waals surface area contributed by atoms with Gasteiger partial charge in [-0.15, -0.1) is 0 Å². The Labute approximate surface area is 126 Å². The number of carbonyl (C=O) groups excluding carboxylic acids is 2. The molecule has 0 N–H and O–H groups in total. The van der Waals surface area contributed by atoms with Crippen LogP contribution in [0, 0.1) is 5.92 Å². The Morgan fingerprint density at radius 3 is 2.33 bits per heavy atom. The summed E-state index contributed by atoms with van der Waals surface area (Å²) in [7, 11) is 0. The second kappa shape index (κ2) is 7.81. The number of benzene rings is 1. The van der Waals surface area contributed by atoms with E-state index >= 15 is 0 Å². The Kier molecular flexibility index (Phi) is 6.40. The molecule has 0 fully saturated rings. The molecule has 0 saturated heterocycles. The number of esters is 1. The first kappa shape index (κ1) is 17.2. The summed E-state index contributed by atoms with van der Waals surface area (Å²) in [5, 5.41) is 11.1. The van der Waals surface area contributed by atoms with Crippen molar-refractivity contribution in [2.75, 3.05) is 0 Å². The van der Waals surface area contributed by atoms with Crippen LogP contribution in [0.25, 0.3) is 0 Å². The van der Waals surface area contributed by atoms with Gasteiger partial charge in [0.15, 0.2) is 0 Å². The van der Waals surface area contributed by atoms with Crippen LogP contribution in [0.5, 0.6) is 0 Å². The summed E-state index contributed by atoms with van der Waals surface area (Å²) >= 11 is 0. The molecule has 0 radical (unpaired) electrons. The maximum absolute atomic E-state index is 11.7. The number of hydrogen-bond donors (Lipinski definition) is 0. The van der Waals surface area contributed by atoms with Crippen LogP contribution in [0.1, 0.15) is 45.6 Å². The third kappa shape index (κ3) is 7.49. The van der Waals surface area contributed by atoms with E-state index in [2.05, 4.69) is 0 Å². The molecular formula is C17H23O4-. The summed E-state index contributed by atoms with van der Waals surface area (Å²) in [6, 6.07) is 9.85. The van der Waals surface area contributed by atoms with Gasteiger partial charge in [-0.3, -0.25) is 4.79 Å². The van der Waals surface area contributed by atoms with Crippen LogP contribution in [0.3, 0.4) is 0 Å². The van der Waals surface area contributed by atoms with Crippen LogP contribution >= 0.6 is 0 Å². The lowest BCUT2D eigenvalue weighted by molar-refractivity contribution is -0.312. The van der Waals surface area contributed by atoms with Crippen LogP contribution in [-0.2, 0) is 20.7 Å². The van der Waals surface area contributed by atoms with Crippen molar-refractivity contribution < 1.29 is 19.4 Å². The summed E-state index contributed by atoms with van der Waals surface area (Å²) in [6.07, 6.45) is 1.77. The molecule has 4 nitrogen and oxygen atoms in total. The van der Waals surface area contributed by atoms with Crippen molar-refractivity contribution in [3.63, 3.8) is 0 Å². The number of carboxylic acids is 1. The van der Waals surface area contributed by atoms with E-state index in [-0.39, 0.29) is 6.42 Å². The molecule has 0 aliphatic carbocycles. The minimum absolute atomic E-state index is 0.131. The minimum atomic E-state index is -1.19. The Morgan fingerprint density at radius 1 is 1.19 bits per heavy atom. The van der Waals surface area contributed by atoms with Crippen molar-refractivity contribution in [2.45, 2.75) is 52.1 Å². The van der Waals surface area contributed by atoms with Crippen molar-refractivity contribution in [1.82, 2.24) is 0 Å². The Bertz CT molecular complexity index is 459. The Morgan fingerprint density at radius 2 is 1.81 bits per heavy atom. The number of carbonyl (C=O) groups is 2. The van der Waals surface area contributed by atoms with Crippen LogP contribution < -0.4 is 5.11 Å². The van der Waals surface area contributed by atoms with Crippen molar-refractivity contribution >= 4 is 11.9 Å². The first-order valence-electron chi connectivity index (χ1n) is 7.24. The van der Waals surface area contributed by atoms with E-state index in [1.807, 2.05) is 30.3 Å². The molecule has 4 heteroatoms. The molecule has 0 amide bonds. The average molecular weight is 291 g/mol. The van der Waals surface area contributed by atoms with E-state index in [1.165, 1.54) is 0 Å². The predicted octanol–water partition coefficient (Wildman–Crippen LogP) is 2.11. The Balaban J connectivity index is 2.43. The van der Waals surface area contributed by atoms with Gasteiger partial charge in [-0.05, 0) is 45.6 Å².